The van der Waals surface area contributed by atoms with Crippen LogP contribution in [0.3, 0.4) is 0 Å². The van der Waals surface area contributed by atoms with Crippen molar-refractivity contribution in [1.82, 2.24) is 15.4 Å². The third-order valence-electron chi connectivity index (χ3n) is 3.87. The largest absolute Gasteiger partial charge is 0.355 e. The quantitative estimate of drug-likeness (QED) is 0.425. The fraction of sp³-hybridized carbons (Fsp3) is 0.421. The molecule has 0 radical (unpaired) electrons. The molecule has 0 aliphatic heterocycles. The van der Waals surface area contributed by atoms with Gasteiger partial charge in [-0.25, -0.2) is 9.97 Å². The van der Waals surface area contributed by atoms with Crippen LogP contribution in [0.4, 0.5) is 17.3 Å². The molecule has 1 heterocycles. The highest BCUT2D eigenvalue weighted by atomic mass is 79.9. The smallest absolute Gasteiger partial charge is 0.350 e. The Bertz CT molecular complexity index is 865. The highest BCUT2D eigenvalue weighted by Gasteiger charge is 2.28. The molecule has 0 bridgehead atoms. The van der Waals surface area contributed by atoms with E-state index in [-0.39, 0.29) is 29.2 Å². The van der Waals surface area contributed by atoms with Gasteiger partial charge in [0.1, 0.15) is 6.33 Å². The van der Waals surface area contributed by atoms with Gasteiger partial charge >= 0.3 is 5.69 Å². The van der Waals surface area contributed by atoms with Gasteiger partial charge in [0.15, 0.2) is 0 Å². The maximum absolute atomic E-state index is 12.4. The van der Waals surface area contributed by atoms with Crippen molar-refractivity contribution in [3.8, 4) is 0 Å². The van der Waals surface area contributed by atoms with Gasteiger partial charge in [-0.1, -0.05) is 39.8 Å². The summed E-state index contributed by atoms with van der Waals surface area (Å²) in [7, 11) is 0. The van der Waals surface area contributed by atoms with Gasteiger partial charge in [-0.15, -0.1) is 0 Å². The fourth-order valence-electron chi connectivity index (χ4n) is 2.82. The lowest BCUT2D eigenvalue weighted by atomic mass is 10.1. The van der Waals surface area contributed by atoms with Crippen LogP contribution in [0, 0.1) is 22.0 Å². The van der Waals surface area contributed by atoms with Crippen molar-refractivity contribution in [2.75, 3.05) is 23.4 Å². The minimum Gasteiger partial charge on any atom is -0.350 e. The van der Waals surface area contributed by atoms with E-state index in [4.69, 9.17) is 0 Å². The molecule has 0 aliphatic rings. The topological polar surface area (TPSA) is 113 Å². The summed E-state index contributed by atoms with van der Waals surface area (Å²) in [6.45, 7) is 9.38. The fourth-order valence-corrected chi connectivity index (χ4v) is 3.28. The van der Waals surface area contributed by atoms with Crippen LogP contribution in [-0.2, 0) is 0 Å². The van der Waals surface area contributed by atoms with Crippen molar-refractivity contribution < 1.29 is 9.72 Å². The summed E-state index contributed by atoms with van der Waals surface area (Å²) in [6.07, 6.45) is 1.25. The molecule has 0 fully saturated rings. The first kappa shape index (κ1) is 22.5. The SMILES string of the molecule is CC(C)CN(CC(C)C)c1ncnc(NNC(=O)c2ccccc2Br)c1[N+](=O)[O-]. The molecule has 0 unspecified atom stereocenters. The molecule has 0 saturated carbocycles. The Balaban J connectivity index is 2.33. The van der Waals surface area contributed by atoms with Gasteiger partial charge in [-0.3, -0.25) is 25.8 Å². The highest BCUT2D eigenvalue weighted by molar-refractivity contribution is 9.10. The second-order valence-corrected chi connectivity index (χ2v) is 8.26. The Morgan fingerprint density at radius 3 is 2.34 bits per heavy atom. The van der Waals surface area contributed by atoms with E-state index in [1.54, 1.807) is 24.3 Å². The van der Waals surface area contributed by atoms with Crippen LogP contribution in [0.1, 0.15) is 38.1 Å². The summed E-state index contributed by atoms with van der Waals surface area (Å²) in [5.74, 6) is 0.279. The van der Waals surface area contributed by atoms with E-state index in [0.717, 1.165) is 0 Å². The van der Waals surface area contributed by atoms with Crippen molar-refractivity contribution in [2.45, 2.75) is 27.7 Å². The lowest BCUT2D eigenvalue weighted by molar-refractivity contribution is -0.383. The van der Waals surface area contributed by atoms with Crippen LogP contribution in [-0.4, -0.2) is 33.9 Å². The van der Waals surface area contributed by atoms with Crippen LogP contribution in [0.15, 0.2) is 35.1 Å². The lowest BCUT2D eigenvalue weighted by Gasteiger charge is -2.27. The molecule has 2 aromatic rings. The predicted octanol–water partition coefficient (Wildman–Crippen LogP) is 4.02. The van der Waals surface area contributed by atoms with Crippen molar-refractivity contribution in [3.05, 3.63) is 50.7 Å². The molecule has 1 aromatic heterocycles. The number of hydrazine groups is 1. The molecule has 10 heteroatoms. The summed E-state index contributed by atoms with van der Waals surface area (Å²) in [6, 6.07) is 6.87. The molecule has 0 saturated heterocycles. The molecule has 0 spiro atoms. The summed E-state index contributed by atoms with van der Waals surface area (Å²) >= 11 is 3.31. The Labute approximate surface area is 178 Å². The summed E-state index contributed by atoms with van der Waals surface area (Å²) in [5, 5.41) is 11.8. The third-order valence-corrected chi connectivity index (χ3v) is 4.56. The maximum atomic E-state index is 12.4. The van der Waals surface area contributed by atoms with Gasteiger partial charge in [0, 0.05) is 17.6 Å². The number of anilines is 2. The minimum absolute atomic E-state index is 0.0714. The number of hydrogen-bond acceptors (Lipinski definition) is 7. The molecule has 2 rings (SSSR count). The first-order valence-electron chi connectivity index (χ1n) is 9.25. The molecule has 9 nitrogen and oxygen atoms in total. The number of nitro groups is 1. The number of nitrogens with one attached hydrogen (secondary N) is 2. The molecule has 1 amide bonds. The number of amides is 1. The Morgan fingerprint density at radius 1 is 1.17 bits per heavy atom. The standard InChI is InChI=1S/C19H25BrN6O3/c1-12(2)9-25(10-13(3)4)18-16(26(28)29)17(21-11-22-18)23-24-19(27)14-7-5-6-8-15(14)20/h5-8,11-13H,9-10H2,1-4H3,(H,24,27)(H,21,22,23). The normalized spacial score (nSPS) is 10.9. The zero-order valence-corrected chi connectivity index (χ0v) is 18.4. The molecule has 1 aromatic carbocycles. The van der Waals surface area contributed by atoms with Crippen LogP contribution < -0.4 is 15.8 Å². The molecular formula is C19H25BrN6O3. The van der Waals surface area contributed by atoms with Crippen molar-refractivity contribution in [1.29, 1.82) is 0 Å². The first-order chi connectivity index (χ1) is 13.7. The number of benzene rings is 1. The number of carbonyl (C=O) groups is 1. The van der Waals surface area contributed by atoms with E-state index in [1.165, 1.54) is 6.33 Å². The second kappa shape index (κ2) is 10.1. The third kappa shape index (κ3) is 6.11. The van der Waals surface area contributed by atoms with Gasteiger partial charge < -0.3 is 4.90 Å². The van der Waals surface area contributed by atoms with Gasteiger partial charge in [0.05, 0.1) is 10.5 Å². The second-order valence-electron chi connectivity index (χ2n) is 7.40. The number of halogens is 1. The van der Waals surface area contributed by atoms with E-state index in [2.05, 4.69) is 36.7 Å². The number of rotatable bonds is 9. The van der Waals surface area contributed by atoms with E-state index in [1.807, 2.05) is 32.6 Å². The van der Waals surface area contributed by atoms with Gasteiger partial charge in [0.25, 0.3) is 5.91 Å². The van der Waals surface area contributed by atoms with Gasteiger partial charge in [-0.05, 0) is 39.9 Å². The first-order valence-corrected chi connectivity index (χ1v) is 10.0. The lowest BCUT2D eigenvalue weighted by Crippen LogP contribution is -2.34. The predicted molar refractivity (Wildman–Crippen MR) is 116 cm³/mol. The van der Waals surface area contributed by atoms with E-state index >= 15 is 0 Å². The minimum atomic E-state index is -0.532. The van der Waals surface area contributed by atoms with Crippen molar-refractivity contribution in [2.24, 2.45) is 11.8 Å². The Morgan fingerprint density at radius 2 is 1.79 bits per heavy atom. The number of nitrogens with zero attached hydrogens (tertiary/aromatic N) is 4. The van der Waals surface area contributed by atoms with E-state index in [9.17, 15) is 14.9 Å². The maximum Gasteiger partial charge on any atom is 0.355 e. The zero-order chi connectivity index (χ0) is 21.6. The van der Waals surface area contributed by atoms with Crippen LogP contribution in [0.2, 0.25) is 0 Å². The number of carbonyl (C=O) groups excluding carboxylic acids is 1. The average molecular weight is 465 g/mol. The van der Waals surface area contributed by atoms with E-state index < -0.39 is 10.8 Å². The monoisotopic (exact) mass is 464 g/mol. The molecule has 156 valence electrons. The molecule has 0 atom stereocenters. The van der Waals surface area contributed by atoms with Gasteiger partial charge in [0.2, 0.25) is 11.6 Å². The summed E-state index contributed by atoms with van der Waals surface area (Å²) in [4.78, 5) is 33.7. The van der Waals surface area contributed by atoms with Crippen LogP contribution in [0.25, 0.3) is 0 Å². The molecule has 29 heavy (non-hydrogen) atoms. The molecular weight excluding hydrogens is 440 g/mol. The molecule has 0 aliphatic carbocycles. The zero-order valence-electron chi connectivity index (χ0n) is 16.8. The summed E-state index contributed by atoms with van der Waals surface area (Å²) in [5.41, 5.74) is 5.16. The van der Waals surface area contributed by atoms with Crippen molar-refractivity contribution in [3.63, 3.8) is 0 Å². The van der Waals surface area contributed by atoms with Crippen LogP contribution in [0.5, 0.6) is 0 Å². The summed E-state index contributed by atoms with van der Waals surface area (Å²) < 4.78 is 0.609. The van der Waals surface area contributed by atoms with Crippen molar-refractivity contribution >= 4 is 39.2 Å². The van der Waals surface area contributed by atoms with Gasteiger partial charge in [-0.2, -0.15) is 0 Å². The highest BCUT2D eigenvalue weighted by Crippen LogP contribution is 2.32. The number of hydrogen-bond donors (Lipinski definition) is 2. The number of aromatic nitrogens is 2. The molecule has 2 N–H and O–H groups in total. The Hall–Kier alpha value is -2.75. The van der Waals surface area contributed by atoms with Crippen LogP contribution >= 0.6 is 15.9 Å². The van der Waals surface area contributed by atoms with E-state index in [0.29, 0.717) is 23.1 Å². The Kier molecular flexibility index (Phi) is 7.89. The average Bonchev–Trinajstić information content (AvgIpc) is 2.64.